The van der Waals surface area contributed by atoms with Crippen LogP contribution in [0.2, 0.25) is 0 Å². The molecule has 1 saturated heterocycles. The van der Waals surface area contributed by atoms with Crippen molar-refractivity contribution in [2.24, 2.45) is 0 Å². The second-order valence-corrected chi connectivity index (χ2v) is 20.6. The van der Waals surface area contributed by atoms with E-state index < -0.39 is 67.3 Å². The second-order valence-electron chi connectivity index (χ2n) is 20.6. The average Bonchev–Trinajstić information content (AvgIpc) is 3.42. The first-order valence-electron chi connectivity index (χ1n) is 30.6. The van der Waals surface area contributed by atoms with Crippen molar-refractivity contribution in [2.75, 3.05) is 13.2 Å². The van der Waals surface area contributed by atoms with Crippen LogP contribution in [-0.2, 0) is 42.9 Å². The number of aliphatic carboxylic acids is 1. The van der Waals surface area contributed by atoms with Gasteiger partial charge in [-0.1, -0.05) is 209 Å². The summed E-state index contributed by atoms with van der Waals surface area (Å²) in [6.07, 6.45) is 55.5. The largest absolute Gasteiger partial charge is 0.479 e. The molecule has 1 rings (SSSR count). The molecular formula is C65H108O12. The highest BCUT2D eigenvalue weighted by Gasteiger charge is 2.50. The standard InChI is InChI=1S/C65H108O12/c1-4-7-10-13-16-19-22-24-26-28-29-31-32-34-37-39-42-45-48-51-57(66)73-54-56(75-58(67)52-49-46-43-40-36-21-18-15-12-9-6-3)55-74-65-63(61(70)60(69)62(77-65)64(71)72)76-59(68)53-50-47-44-41-38-35-33-30-27-25-23-20-17-14-11-8-5-2/h8,11,15-20,24-27,29,31,56,60-63,65,69-70H,4-7,9-10,12-14,21-23,28,30,32-55H2,1-3H3,(H,71,72)/b11-8-,18-15-,19-16-,20-17-,26-24-,27-25-,31-29-. The zero-order chi connectivity index (χ0) is 56.1. The van der Waals surface area contributed by atoms with Crippen LogP contribution >= 0.6 is 0 Å². The molecule has 12 nitrogen and oxygen atoms in total. The number of aliphatic hydroxyl groups is 2. The van der Waals surface area contributed by atoms with Gasteiger partial charge in [0.15, 0.2) is 24.6 Å². The monoisotopic (exact) mass is 1080 g/mol. The number of hydrogen-bond donors (Lipinski definition) is 3. The topological polar surface area (TPSA) is 175 Å². The lowest BCUT2D eigenvalue weighted by Crippen LogP contribution is -2.61. The molecular weight excluding hydrogens is 973 g/mol. The normalized spacial score (nSPS) is 18.6. The molecule has 0 saturated carbocycles. The van der Waals surface area contributed by atoms with Gasteiger partial charge in [0.1, 0.15) is 18.8 Å². The fraction of sp³-hybridized carbons (Fsp3) is 0.723. The van der Waals surface area contributed by atoms with Crippen LogP contribution in [0.1, 0.15) is 252 Å². The minimum Gasteiger partial charge on any atom is -0.479 e. The highest BCUT2D eigenvalue weighted by molar-refractivity contribution is 5.74. The number of carboxylic acids is 1. The summed E-state index contributed by atoms with van der Waals surface area (Å²) in [5, 5.41) is 31.5. The van der Waals surface area contributed by atoms with Gasteiger partial charge in [-0.2, -0.15) is 0 Å². The Morgan fingerprint density at radius 3 is 1.30 bits per heavy atom. The molecule has 12 heteroatoms. The number of rotatable bonds is 51. The van der Waals surface area contributed by atoms with Crippen LogP contribution < -0.4 is 0 Å². The van der Waals surface area contributed by atoms with Crippen molar-refractivity contribution < 1.29 is 58.2 Å². The van der Waals surface area contributed by atoms with E-state index in [1.54, 1.807) is 0 Å². The maximum atomic E-state index is 13.1. The van der Waals surface area contributed by atoms with E-state index in [1.807, 2.05) is 0 Å². The molecule has 1 fully saturated rings. The van der Waals surface area contributed by atoms with Crippen molar-refractivity contribution in [3.63, 3.8) is 0 Å². The van der Waals surface area contributed by atoms with Crippen molar-refractivity contribution in [1.29, 1.82) is 0 Å². The van der Waals surface area contributed by atoms with Crippen LogP contribution in [0.3, 0.4) is 0 Å². The Bertz CT molecular complexity index is 1660. The molecule has 0 amide bonds. The van der Waals surface area contributed by atoms with E-state index in [4.69, 9.17) is 23.7 Å². The maximum Gasteiger partial charge on any atom is 0.335 e. The van der Waals surface area contributed by atoms with E-state index in [9.17, 15) is 34.5 Å². The van der Waals surface area contributed by atoms with Crippen LogP contribution in [0.4, 0.5) is 0 Å². The molecule has 0 spiro atoms. The minimum absolute atomic E-state index is 0.0443. The number of hydrogen-bond acceptors (Lipinski definition) is 11. The molecule has 0 bridgehead atoms. The summed E-state index contributed by atoms with van der Waals surface area (Å²) in [4.78, 5) is 51.1. The number of carbonyl (C=O) groups is 4. The van der Waals surface area contributed by atoms with Crippen molar-refractivity contribution in [3.8, 4) is 0 Å². The molecule has 3 N–H and O–H groups in total. The Morgan fingerprint density at radius 2 is 0.831 bits per heavy atom. The molecule has 6 unspecified atom stereocenters. The molecule has 1 aliphatic rings. The van der Waals surface area contributed by atoms with Gasteiger partial charge in [0.2, 0.25) is 0 Å². The zero-order valence-electron chi connectivity index (χ0n) is 48.4. The average molecular weight is 1080 g/mol. The van der Waals surface area contributed by atoms with E-state index in [-0.39, 0.29) is 25.9 Å². The molecule has 0 radical (unpaired) electrons. The molecule has 0 aromatic carbocycles. The lowest BCUT2D eigenvalue weighted by atomic mass is 9.98. The lowest BCUT2D eigenvalue weighted by molar-refractivity contribution is -0.301. The van der Waals surface area contributed by atoms with Crippen molar-refractivity contribution in [1.82, 2.24) is 0 Å². The fourth-order valence-electron chi connectivity index (χ4n) is 8.72. The highest BCUT2D eigenvalue weighted by Crippen LogP contribution is 2.26. The highest BCUT2D eigenvalue weighted by atomic mass is 16.7. The maximum absolute atomic E-state index is 13.1. The first kappa shape index (κ1) is 70.9. The molecule has 6 atom stereocenters. The van der Waals surface area contributed by atoms with Crippen LogP contribution in [-0.4, -0.2) is 89.2 Å². The molecule has 0 aromatic rings. The molecule has 0 aromatic heterocycles. The van der Waals surface area contributed by atoms with E-state index in [1.165, 1.54) is 38.5 Å². The summed E-state index contributed by atoms with van der Waals surface area (Å²) in [5.41, 5.74) is 0. The Kier molecular flexibility index (Phi) is 48.4. The van der Waals surface area contributed by atoms with Gasteiger partial charge in [0, 0.05) is 19.3 Å². The van der Waals surface area contributed by atoms with Gasteiger partial charge in [0.25, 0.3) is 0 Å². The minimum atomic E-state index is -1.91. The lowest BCUT2D eigenvalue weighted by Gasteiger charge is -2.40. The Balaban J connectivity index is 2.66. The van der Waals surface area contributed by atoms with Crippen LogP contribution in [0.15, 0.2) is 85.1 Å². The SMILES string of the molecule is CC/C=C\C/C=C\C/C=C\CCCCCCCCCC(=O)OC1C(OCC(COC(=O)CCCCCCCC/C=C\C/C=C\C/C=C\CCCCC)OC(=O)CCCCCCC/C=C\CCCC)OC(C(=O)O)C(O)C1O. The van der Waals surface area contributed by atoms with Gasteiger partial charge in [0.05, 0.1) is 6.61 Å². The fourth-order valence-corrected chi connectivity index (χ4v) is 8.72. The van der Waals surface area contributed by atoms with Gasteiger partial charge in [-0.15, -0.1) is 0 Å². The third kappa shape index (κ3) is 42.5. The summed E-state index contributed by atoms with van der Waals surface area (Å²) in [7, 11) is 0. The van der Waals surface area contributed by atoms with Crippen molar-refractivity contribution >= 4 is 23.9 Å². The molecule has 0 aliphatic carbocycles. The molecule has 1 heterocycles. The van der Waals surface area contributed by atoms with Gasteiger partial charge in [-0.3, -0.25) is 14.4 Å². The summed E-state index contributed by atoms with van der Waals surface area (Å²) >= 11 is 0. The van der Waals surface area contributed by atoms with Crippen molar-refractivity contribution in [2.45, 2.75) is 289 Å². The third-order valence-corrected chi connectivity index (χ3v) is 13.4. The number of ether oxygens (including phenoxy) is 5. The third-order valence-electron chi connectivity index (χ3n) is 13.4. The first-order chi connectivity index (χ1) is 37.6. The summed E-state index contributed by atoms with van der Waals surface area (Å²) < 4.78 is 28.4. The molecule has 440 valence electrons. The Labute approximate surface area is 467 Å². The van der Waals surface area contributed by atoms with Crippen LogP contribution in [0.5, 0.6) is 0 Å². The van der Waals surface area contributed by atoms with Crippen LogP contribution in [0.25, 0.3) is 0 Å². The van der Waals surface area contributed by atoms with Gasteiger partial charge >= 0.3 is 23.9 Å². The van der Waals surface area contributed by atoms with Gasteiger partial charge in [-0.25, -0.2) is 4.79 Å². The van der Waals surface area contributed by atoms with E-state index >= 15 is 0 Å². The first-order valence-corrected chi connectivity index (χ1v) is 30.6. The number of carbonyl (C=O) groups excluding carboxylic acids is 3. The number of esters is 3. The molecule has 77 heavy (non-hydrogen) atoms. The smallest absolute Gasteiger partial charge is 0.335 e. The Morgan fingerprint density at radius 1 is 0.442 bits per heavy atom. The summed E-state index contributed by atoms with van der Waals surface area (Å²) in [6, 6.07) is 0. The van der Waals surface area contributed by atoms with E-state index in [2.05, 4.69) is 106 Å². The van der Waals surface area contributed by atoms with Crippen molar-refractivity contribution in [3.05, 3.63) is 85.1 Å². The zero-order valence-corrected chi connectivity index (χ0v) is 48.4. The van der Waals surface area contributed by atoms with Gasteiger partial charge in [-0.05, 0) is 109 Å². The van der Waals surface area contributed by atoms with E-state index in [0.717, 1.165) is 154 Å². The predicted molar refractivity (Wildman–Crippen MR) is 312 cm³/mol. The predicted octanol–water partition coefficient (Wildman–Crippen LogP) is 15.9. The number of allylic oxidation sites excluding steroid dienone is 14. The number of carboxylic acid groups (broad SMARTS) is 1. The van der Waals surface area contributed by atoms with Gasteiger partial charge < -0.3 is 39.0 Å². The summed E-state index contributed by atoms with van der Waals surface area (Å²) in [5.74, 6) is -3.16. The quantitative estimate of drug-likeness (QED) is 0.0228. The Hall–Kier alpha value is -4.10. The van der Waals surface area contributed by atoms with Crippen LogP contribution in [0, 0.1) is 0 Å². The summed E-state index contributed by atoms with van der Waals surface area (Å²) in [6.45, 7) is 5.80. The number of unbranched alkanes of at least 4 members (excludes halogenated alkanes) is 23. The number of aliphatic hydroxyl groups excluding tert-OH is 2. The van der Waals surface area contributed by atoms with E-state index in [0.29, 0.717) is 19.3 Å². The second kappa shape index (κ2) is 52.6. The molecule has 1 aliphatic heterocycles.